The van der Waals surface area contributed by atoms with Gasteiger partial charge in [0.1, 0.15) is 5.69 Å². The topological polar surface area (TPSA) is 55.1 Å². The molecule has 0 saturated carbocycles. The summed E-state index contributed by atoms with van der Waals surface area (Å²) in [6.45, 7) is 3.23. The van der Waals surface area contributed by atoms with E-state index in [1.54, 1.807) is 19.2 Å². The van der Waals surface area contributed by atoms with Crippen molar-refractivity contribution in [2.75, 3.05) is 5.32 Å². The molecule has 18 heavy (non-hydrogen) atoms. The van der Waals surface area contributed by atoms with Crippen LogP contribution in [0.1, 0.15) is 13.8 Å². The summed E-state index contributed by atoms with van der Waals surface area (Å²) >= 11 is 0. The third-order valence-corrected chi connectivity index (χ3v) is 2.38. The number of nitrogens with one attached hydrogen (secondary N) is 1. The number of benzene rings is 1. The monoisotopic (exact) mass is 264 g/mol. The molecule has 0 bridgehead atoms. The van der Waals surface area contributed by atoms with Crippen LogP contribution < -0.4 is 11.1 Å². The number of carbonyl (C=O) groups is 1. The first-order valence-electron chi connectivity index (χ1n) is 5.15. The number of amides is 1. The molecule has 0 spiro atoms. The summed E-state index contributed by atoms with van der Waals surface area (Å²) in [6, 6.07) is -0.988. The maximum absolute atomic E-state index is 13.2. The molecule has 0 heterocycles. The van der Waals surface area contributed by atoms with Crippen LogP contribution in [0.2, 0.25) is 0 Å². The van der Waals surface area contributed by atoms with Gasteiger partial charge in [-0.15, -0.1) is 0 Å². The summed E-state index contributed by atoms with van der Waals surface area (Å²) in [7, 11) is 0. The van der Waals surface area contributed by atoms with Crippen LogP contribution in [0.3, 0.4) is 0 Å². The van der Waals surface area contributed by atoms with Crippen LogP contribution in [0.15, 0.2) is 6.07 Å². The molecular formula is C11H12F4N2O. The number of nitrogens with two attached hydrogens (primary N) is 1. The normalized spacial score (nSPS) is 12.7. The number of carbonyl (C=O) groups excluding carboxylic acids is 1. The van der Waals surface area contributed by atoms with Gasteiger partial charge in [-0.3, -0.25) is 4.79 Å². The van der Waals surface area contributed by atoms with Crippen LogP contribution in [0.5, 0.6) is 0 Å². The van der Waals surface area contributed by atoms with Gasteiger partial charge in [0.05, 0.1) is 6.04 Å². The molecule has 1 amide bonds. The molecule has 7 heteroatoms. The maximum atomic E-state index is 13.2. The zero-order chi connectivity index (χ0) is 14.0. The van der Waals surface area contributed by atoms with Crippen LogP contribution in [0.25, 0.3) is 0 Å². The molecule has 0 radical (unpaired) electrons. The van der Waals surface area contributed by atoms with Crippen molar-refractivity contribution in [2.24, 2.45) is 11.7 Å². The van der Waals surface area contributed by atoms with Crippen LogP contribution in [0.4, 0.5) is 23.2 Å². The van der Waals surface area contributed by atoms with E-state index in [-0.39, 0.29) is 12.0 Å². The Morgan fingerprint density at radius 1 is 1.17 bits per heavy atom. The minimum atomic E-state index is -1.67. The second kappa shape index (κ2) is 5.34. The number of hydrogen-bond acceptors (Lipinski definition) is 2. The zero-order valence-electron chi connectivity index (χ0n) is 9.73. The fraction of sp³-hybridized carbons (Fsp3) is 0.364. The van der Waals surface area contributed by atoms with Crippen LogP contribution >= 0.6 is 0 Å². The van der Waals surface area contributed by atoms with E-state index < -0.39 is 40.9 Å². The third-order valence-electron chi connectivity index (χ3n) is 2.38. The van der Waals surface area contributed by atoms with Crippen molar-refractivity contribution in [2.45, 2.75) is 19.9 Å². The summed E-state index contributed by atoms with van der Waals surface area (Å²) in [5, 5.41) is 1.75. The number of hydrogen-bond donors (Lipinski definition) is 2. The Labute approximate surface area is 101 Å². The molecular weight excluding hydrogens is 252 g/mol. The Kier molecular flexibility index (Phi) is 4.28. The molecule has 0 aliphatic carbocycles. The van der Waals surface area contributed by atoms with Gasteiger partial charge in [-0.05, 0) is 5.92 Å². The quantitative estimate of drug-likeness (QED) is 0.649. The SMILES string of the molecule is CC(C)[C@@H](N)C(=O)Nc1c(F)c(F)cc(F)c1F. The molecule has 1 rings (SSSR count). The smallest absolute Gasteiger partial charge is 0.241 e. The molecule has 3 N–H and O–H groups in total. The number of rotatable bonds is 3. The summed E-state index contributed by atoms with van der Waals surface area (Å²) < 4.78 is 52.2. The lowest BCUT2D eigenvalue weighted by atomic mass is 10.0. The summed E-state index contributed by atoms with van der Waals surface area (Å²) in [6.07, 6.45) is 0. The summed E-state index contributed by atoms with van der Waals surface area (Å²) in [4.78, 5) is 11.5. The van der Waals surface area contributed by atoms with E-state index in [4.69, 9.17) is 5.73 Å². The Bertz CT molecular complexity index is 450. The van der Waals surface area contributed by atoms with Gasteiger partial charge in [-0.1, -0.05) is 13.8 Å². The fourth-order valence-corrected chi connectivity index (χ4v) is 1.19. The van der Waals surface area contributed by atoms with Gasteiger partial charge in [0.2, 0.25) is 5.91 Å². The lowest BCUT2D eigenvalue weighted by molar-refractivity contribution is -0.118. The van der Waals surface area contributed by atoms with Crippen molar-refractivity contribution in [3.05, 3.63) is 29.3 Å². The Balaban J connectivity index is 3.08. The van der Waals surface area contributed by atoms with Crippen molar-refractivity contribution >= 4 is 11.6 Å². The lowest BCUT2D eigenvalue weighted by Gasteiger charge is -2.16. The summed E-state index contributed by atoms with van der Waals surface area (Å²) in [5.41, 5.74) is 4.27. The van der Waals surface area contributed by atoms with Crippen molar-refractivity contribution in [1.29, 1.82) is 0 Å². The predicted octanol–water partition coefficient (Wildman–Crippen LogP) is 2.16. The number of anilines is 1. The van der Waals surface area contributed by atoms with Gasteiger partial charge in [0.15, 0.2) is 23.3 Å². The van der Waals surface area contributed by atoms with Crippen molar-refractivity contribution < 1.29 is 22.4 Å². The molecule has 0 aliphatic rings. The van der Waals surface area contributed by atoms with Crippen LogP contribution in [-0.4, -0.2) is 11.9 Å². The predicted molar refractivity (Wildman–Crippen MR) is 57.7 cm³/mol. The molecule has 1 aromatic carbocycles. The average molecular weight is 264 g/mol. The molecule has 0 saturated heterocycles. The van der Waals surface area contributed by atoms with Crippen molar-refractivity contribution in [3.63, 3.8) is 0 Å². The maximum Gasteiger partial charge on any atom is 0.241 e. The molecule has 1 aromatic rings. The molecule has 0 fully saturated rings. The first-order valence-corrected chi connectivity index (χ1v) is 5.15. The van der Waals surface area contributed by atoms with Gasteiger partial charge < -0.3 is 11.1 Å². The molecule has 1 atom stereocenters. The average Bonchev–Trinajstić information content (AvgIpc) is 2.30. The van der Waals surface area contributed by atoms with Gasteiger partial charge in [0, 0.05) is 6.07 Å². The first-order chi connectivity index (χ1) is 8.25. The molecule has 100 valence electrons. The second-order valence-electron chi connectivity index (χ2n) is 4.10. The second-order valence-corrected chi connectivity index (χ2v) is 4.10. The van der Waals surface area contributed by atoms with E-state index in [9.17, 15) is 22.4 Å². The van der Waals surface area contributed by atoms with E-state index in [0.717, 1.165) is 0 Å². The molecule has 3 nitrogen and oxygen atoms in total. The summed E-state index contributed by atoms with van der Waals surface area (Å²) in [5.74, 6) is -7.75. The highest BCUT2D eigenvalue weighted by atomic mass is 19.2. The molecule has 0 unspecified atom stereocenters. The van der Waals surface area contributed by atoms with E-state index in [0.29, 0.717) is 0 Å². The van der Waals surface area contributed by atoms with E-state index in [2.05, 4.69) is 0 Å². The Morgan fingerprint density at radius 2 is 1.61 bits per heavy atom. The standard InChI is InChI=1S/C11H12F4N2O/c1-4(2)9(16)11(18)17-10-7(14)5(12)3-6(13)8(10)15/h3-4,9H,16H2,1-2H3,(H,17,18)/t9-/m1/s1. The lowest BCUT2D eigenvalue weighted by Crippen LogP contribution is -2.40. The highest BCUT2D eigenvalue weighted by molar-refractivity contribution is 5.95. The minimum absolute atomic E-state index is 0.0582. The first kappa shape index (κ1) is 14.4. The molecule has 0 aromatic heterocycles. The largest absolute Gasteiger partial charge is 0.320 e. The van der Waals surface area contributed by atoms with Crippen molar-refractivity contribution in [1.82, 2.24) is 0 Å². The van der Waals surface area contributed by atoms with Crippen LogP contribution in [-0.2, 0) is 4.79 Å². The fourth-order valence-electron chi connectivity index (χ4n) is 1.19. The van der Waals surface area contributed by atoms with Crippen LogP contribution in [0, 0.1) is 29.2 Å². The highest BCUT2D eigenvalue weighted by Crippen LogP contribution is 2.24. The van der Waals surface area contributed by atoms with Crippen molar-refractivity contribution in [3.8, 4) is 0 Å². The van der Waals surface area contributed by atoms with E-state index in [1.165, 1.54) is 0 Å². The Morgan fingerprint density at radius 3 is 2.00 bits per heavy atom. The van der Waals surface area contributed by atoms with Gasteiger partial charge >= 0.3 is 0 Å². The van der Waals surface area contributed by atoms with Gasteiger partial charge in [-0.2, -0.15) is 0 Å². The Hall–Kier alpha value is -1.63. The van der Waals surface area contributed by atoms with E-state index in [1.807, 2.05) is 0 Å². The van der Waals surface area contributed by atoms with Gasteiger partial charge in [-0.25, -0.2) is 17.6 Å². The minimum Gasteiger partial charge on any atom is -0.320 e. The van der Waals surface area contributed by atoms with E-state index >= 15 is 0 Å². The zero-order valence-corrected chi connectivity index (χ0v) is 9.73. The highest BCUT2D eigenvalue weighted by Gasteiger charge is 2.24. The van der Waals surface area contributed by atoms with Gasteiger partial charge in [0.25, 0.3) is 0 Å². The molecule has 0 aliphatic heterocycles. The third kappa shape index (κ3) is 2.79. The number of halogens is 4.